The Labute approximate surface area is 185 Å². The minimum Gasteiger partial charge on any atom is -0.478 e. The number of ketones is 2. The Balaban J connectivity index is 0.000000592. The predicted octanol–water partition coefficient (Wildman–Crippen LogP) is 4.19. The molecular weight excluding hydrogens is 418 g/mol. The van der Waals surface area contributed by atoms with Gasteiger partial charge >= 0.3 is 11.9 Å². The van der Waals surface area contributed by atoms with Gasteiger partial charge in [-0.05, 0) is 62.6 Å². The molecule has 0 radical (unpaired) electrons. The summed E-state index contributed by atoms with van der Waals surface area (Å²) in [5, 5.41) is 28.5. The number of rotatable bonds is 7. The van der Waals surface area contributed by atoms with Crippen molar-refractivity contribution in [2.24, 2.45) is 0 Å². The van der Waals surface area contributed by atoms with Gasteiger partial charge < -0.3 is 10.2 Å². The lowest BCUT2D eigenvalue weighted by molar-refractivity contribution is -0.385. The molecule has 0 unspecified atom stereocenters. The van der Waals surface area contributed by atoms with Gasteiger partial charge in [-0.3, -0.25) is 19.7 Å². The molecule has 0 aliphatic rings. The van der Waals surface area contributed by atoms with Crippen molar-refractivity contribution in [3.05, 3.63) is 73.8 Å². The number of benzene rings is 2. The van der Waals surface area contributed by atoms with Gasteiger partial charge in [0.25, 0.3) is 5.69 Å². The number of hydrogen-bond donors (Lipinski definition) is 2. The average Bonchev–Trinajstić information content (AvgIpc) is 2.64. The normalized spacial score (nSPS) is 9.62. The molecule has 0 saturated carbocycles. The highest BCUT2D eigenvalue weighted by atomic mass is 16.6. The van der Waals surface area contributed by atoms with Crippen LogP contribution in [-0.4, -0.2) is 38.6 Å². The number of carboxylic acid groups (broad SMARTS) is 2. The number of aromatic carboxylic acids is 2. The van der Waals surface area contributed by atoms with E-state index < -0.39 is 28.1 Å². The third-order valence-corrected chi connectivity index (χ3v) is 4.39. The molecule has 0 bridgehead atoms. The fourth-order valence-electron chi connectivity index (χ4n) is 2.85. The van der Waals surface area contributed by atoms with E-state index in [0.717, 1.165) is 11.1 Å². The summed E-state index contributed by atoms with van der Waals surface area (Å²) in [5.74, 6) is -2.55. The Hall–Kier alpha value is -3.88. The summed E-state index contributed by atoms with van der Waals surface area (Å²) in [6, 6.07) is 7.47. The van der Waals surface area contributed by atoms with Gasteiger partial charge in [0.05, 0.1) is 10.5 Å². The van der Waals surface area contributed by atoms with Crippen molar-refractivity contribution in [1.82, 2.24) is 0 Å². The summed E-state index contributed by atoms with van der Waals surface area (Å²) in [7, 11) is 0. The van der Waals surface area contributed by atoms with Gasteiger partial charge in [-0.25, -0.2) is 9.59 Å². The molecule has 0 saturated heterocycles. The first-order valence-corrected chi connectivity index (χ1v) is 9.17. The second-order valence-corrected chi connectivity index (χ2v) is 7.02. The lowest BCUT2D eigenvalue weighted by atomic mass is 9.98. The molecular formula is C23H27NO8. The van der Waals surface area contributed by atoms with E-state index in [1.807, 2.05) is 6.92 Å². The van der Waals surface area contributed by atoms with Crippen LogP contribution in [0.4, 0.5) is 5.69 Å². The largest absolute Gasteiger partial charge is 0.478 e. The number of carboxylic acids is 2. The first kappa shape index (κ1) is 28.1. The van der Waals surface area contributed by atoms with E-state index >= 15 is 0 Å². The van der Waals surface area contributed by atoms with Crippen LogP contribution in [-0.2, 0) is 22.4 Å². The van der Waals surface area contributed by atoms with Crippen molar-refractivity contribution in [3.63, 3.8) is 0 Å². The third kappa shape index (κ3) is 7.75. The molecule has 2 N–H and O–H groups in total. The van der Waals surface area contributed by atoms with Gasteiger partial charge in [0, 0.05) is 18.4 Å². The number of Topliss-reactive ketones (excluding diaryl/α,β-unsaturated/α-hetero) is 2. The highest BCUT2D eigenvalue weighted by Crippen LogP contribution is 2.27. The lowest BCUT2D eigenvalue weighted by Crippen LogP contribution is -2.09. The Bertz CT molecular complexity index is 1060. The standard InChI is InChI=1S/C11H11NO5.C11H12O3.CH4/c1-6-3-4-8(11(14)15)10(12(16)17)9(6)5-7(2)13;1-7-3-4-9(11(13)14)6-10(7)5-8(2)12;/h3-4H,5H2,1-2H3,(H,14,15);3-4,6H,5H2,1-2H3,(H,13,14);1H4. The van der Waals surface area contributed by atoms with Gasteiger partial charge in [0.2, 0.25) is 0 Å². The van der Waals surface area contributed by atoms with Crippen molar-refractivity contribution in [3.8, 4) is 0 Å². The molecule has 2 rings (SSSR count). The maximum Gasteiger partial charge on any atom is 0.342 e. The minimum atomic E-state index is -1.37. The van der Waals surface area contributed by atoms with Gasteiger partial charge in [-0.1, -0.05) is 19.6 Å². The van der Waals surface area contributed by atoms with Crippen molar-refractivity contribution in [2.45, 2.75) is 48.0 Å². The van der Waals surface area contributed by atoms with Crippen LogP contribution in [0.15, 0.2) is 30.3 Å². The summed E-state index contributed by atoms with van der Waals surface area (Å²) in [4.78, 5) is 53.7. The Kier molecular flexibility index (Phi) is 10.6. The van der Waals surface area contributed by atoms with Gasteiger partial charge in [-0.2, -0.15) is 0 Å². The number of carbonyl (C=O) groups is 4. The summed E-state index contributed by atoms with van der Waals surface area (Å²) < 4.78 is 0. The summed E-state index contributed by atoms with van der Waals surface area (Å²) >= 11 is 0. The number of carbonyl (C=O) groups excluding carboxylic acids is 2. The molecule has 0 amide bonds. The minimum absolute atomic E-state index is 0. The highest BCUT2D eigenvalue weighted by Gasteiger charge is 2.26. The summed E-state index contributed by atoms with van der Waals surface area (Å²) in [6.07, 6.45) is 0.163. The fraction of sp³-hybridized carbons (Fsp3) is 0.304. The topological polar surface area (TPSA) is 152 Å². The zero-order valence-electron chi connectivity index (χ0n) is 17.6. The van der Waals surface area contributed by atoms with Crippen molar-refractivity contribution >= 4 is 29.2 Å². The summed E-state index contributed by atoms with van der Waals surface area (Å²) in [6.45, 7) is 6.27. The van der Waals surface area contributed by atoms with E-state index in [9.17, 15) is 29.3 Å². The number of nitrogens with zero attached hydrogens (tertiary/aromatic N) is 1. The molecule has 172 valence electrons. The van der Waals surface area contributed by atoms with Crippen LogP contribution in [0, 0.1) is 24.0 Å². The maximum absolute atomic E-state index is 11.1. The Morgan fingerprint density at radius 3 is 1.84 bits per heavy atom. The zero-order valence-corrected chi connectivity index (χ0v) is 17.6. The van der Waals surface area contributed by atoms with E-state index in [1.54, 1.807) is 25.1 Å². The molecule has 0 spiro atoms. The first-order valence-electron chi connectivity index (χ1n) is 9.17. The summed E-state index contributed by atoms with van der Waals surface area (Å²) in [5.41, 5.74) is 1.79. The quantitative estimate of drug-likeness (QED) is 0.475. The molecule has 0 aromatic heterocycles. The lowest BCUT2D eigenvalue weighted by Gasteiger charge is -2.07. The maximum atomic E-state index is 11.1. The molecule has 9 nitrogen and oxygen atoms in total. The van der Waals surface area contributed by atoms with E-state index in [-0.39, 0.29) is 36.5 Å². The number of nitro benzene ring substituents is 1. The Morgan fingerprint density at radius 2 is 1.41 bits per heavy atom. The molecule has 2 aromatic rings. The number of hydrogen-bond acceptors (Lipinski definition) is 6. The van der Waals surface area contributed by atoms with Crippen molar-refractivity contribution < 1.29 is 34.3 Å². The zero-order chi connectivity index (χ0) is 23.9. The van der Waals surface area contributed by atoms with Crippen LogP contribution < -0.4 is 0 Å². The van der Waals surface area contributed by atoms with Gasteiger partial charge in [0.15, 0.2) is 0 Å². The second-order valence-electron chi connectivity index (χ2n) is 7.02. The van der Waals surface area contributed by atoms with Crippen LogP contribution >= 0.6 is 0 Å². The highest BCUT2D eigenvalue weighted by molar-refractivity contribution is 5.94. The average molecular weight is 445 g/mol. The van der Waals surface area contributed by atoms with Crippen LogP contribution in [0.2, 0.25) is 0 Å². The molecule has 0 fully saturated rings. The van der Waals surface area contributed by atoms with Gasteiger partial charge in [0.1, 0.15) is 17.1 Å². The van der Waals surface area contributed by atoms with E-state index in [1.165, 1.54) is 26.0 Å². The van der Waals surface area contributed by atoms with Crippen LogP contribution in [0.5, 0.6) is 0 Å². The predicted molar refractivity (Wildman–Crippen MR) is 118 cm³/mol. The molecule has 32 heavy (non-hydrogen) atoms. The van der Waals surface area contributed by atoms with Gasteiger partial charge in [-0.15, -0.1) is 0 Å². The monoisotopic (exact) mass is 445 g/mol. The first-order chi connectivity index (χ1) is 14.3. The fourth-order valence-corrected chi connectivity index (χ4v) is 2.85. The third-order valence-electron chi connectivity index (χ3n) is 4.39. The molecule has 0 aliphatic heterocycles. The van der Waals surface area contributed by atoms with Crippen molar-refractivity contribution in [1.29, 1.82) is 0 Å². The molecule has 0 aliphatic carbocycles. The smallest absolute Gasteiger partial charge is 0.342 e. The SMILES string of the molecule is C.CC(=O)Cc1c(C)ccc(C(=O)O)c1[N+](=O)[O-].CC(=O)Cc1cc(C(=O)O)ccc1C. The van der Waals surface area contributed by atoms with E-state index in [2.05, 4.69) is 0 Å². The number of aryl methyl sites for hydroxylation is 2. The van der Waals surface area contributed by atoms with Crippen molar-refractivity contribution in [2.75, 3.05) is 0 Å². The molecule has 0 heterocycles. The molecule has 0 atom stereocenters. The Morgan fingerprint density at radius 1 is 0.875 bits per heavy atom. The van der Waals surface area contributed by atoms with Crippen LogP contribution in [0.1, 0.15) is 64.2 Å². The number of nitro groups is 1. The van der Waals surface area contributed by atoms with Crippen LogP contribution in [0.3, 0.4) is 0 Å². The molecule has 2 aromatic carbocycles. The second kappa shape index (κ2) is 12.1. The molecule has 9 heteroatoms. The van der Waals surface area contributed by atoms with Crippen LogP contribution in [0.25, 0.3) is 0 Å². The van der Waals surface area contributed by atoms with E-state index in [4.69, 9.17) is 10.2 Å². The van der Waals surface area contributed by atoms with E-state index in [0.29, 0.717) is 12.0 Å².